The highest BCUT2D eigenvalue weighted by molar-refractivity contribution is 6.27. The monoisotopic (exact) mass is 910 g/mol. The molecule has 0 heteroatoms. The summed E-state index contributed by atoms with van der Waals surface area (Å²) in [6.07, 6.45) is 0. The molecule has 2 aliphatic rings. The molecule has 0 nitrogen and oxygen atoms in total. The van der Waals surface area contributed by atoms with E-state index in [1.807, 2.05) is 0 Å². The van der Waals surface area contributed by atoms with Crippen LogP contribution in [0.15, 0.2) is 279 Å². The zero-order valence-electron chi connectivity index (χ0n) is 39.6. The third kappa shape index (κ3) is 5.41. The van der Waals surface area contributed by atoms with Crippen molar-refractivity contribution >= 4 is 43.1 Å². The van der Waals surface area contributed by atoms with Crippen LogP contribution in [0.5, 0.6) is 0 Å². The van der Waals surface area contributed by atoms with E-state index in [1.165, 1.54) is 132 Å². The van der Waals surface area contributed by atoms with Crippen LogP contribution in [0.3, 0.4) is 0 Å². The van der Waals surface area contributed by atoms with E-state index in [-0.39, 0.29) is 0 Å². The number of hydrogen-bond donors (Lipinski definition) is 0. The van der Waals surface area contributed by atoms with Gasteiger partial charge in [0.15, 0.2) is 0 Å². The Bertz CT molecular complexity index is 3880. The van der Waals surface area contributed by atoms with Crippen LogP contribution in [0.25, 0.3) is 87.6 Å². The van der Waals surface area contributed by atoms with Gasteiger partial charge in [0.1, 0.15) is 0 Å². The van der Waals surface area contributed by atoms with E-state index in [1.54, 1.807) is 0 Å². The first-order valence-electron chi connectivity index (χ1n) is 25.3. The maximum absolute atomic E-state index is 2.41. The minimum atomic E-state index is -0.536. The van der Waals surface area contributed by atoms with Crippen molar-refractivity contribution in [1.29, 1.82) is 0 Å². The van der Waals surface area contributed by atoms with E-state index in [9.17, 15) is 0 Å². The van der Waals surface area contributed by atoms with E-state index >= 15 is 0 Å². The predicted octanol–water partition coefficient (Wildman–Crippen LogP) is 18.4. The summed E-state index contributed by atoms with van der Waals surface area (Å²) in [6, 6.07) is 105. The molecule has 72 heavy (non-hydrogen) atoms. The second-order valence-corrected chi connectivity index (χ2v) is 19.7. The summed E-state index contributed by atoms with van der Waals surface area (Å²) in [5.41, 5.74) is 19.4. The van der Waals surface area contributed by atoms with Gasteiger partial charge in [0, 0.05) is 0 Å². The van der Waals surface area contributed by atoms with Crippen molar-refractivity contribution in [1.82, 2.24) is 0 Å². The Balaban J connectivity index is 1.03. The van der Waals surface area contributed by atoms with Gasteiger partial charge in [-0.2, -0.15) is 0 Å². The second kappa shape index (κ2) is 15.7. The van der Waals surface area contributed by atoms with Gasteiger partial charge in [-0.3, -0.25) is 0 Å². The molecule has 0 N–H and O–H groups in total. The van der Waals surface area contributed by atoms with Gasteiger partial charge in [-0.25, -0.2) is 0 Å². The molecule has 0 saturated heterocycles. The Hall–Kier alpha value is -9.10. The molecule has 0 aliphatic heterocycles. The van der Waals surface area contributed by atoms with Gasteiger partial charge in [-0.05, 0) is 132 Å². The van der Waals surface area contributed by atoms with E-state index < -0.39 is 10.8 Å². The lowest BCUT2D eigenvalue weighted by Crippen LogP contribution is -2.33. The highest BCUT2D eigenvalue weighted by Crippen LogP contribution is 2.59. The Labute approximate surface area is 419 Å². The van der Waals surface area contributed by atoms with Crippen molar-refractivity contribution in [3.05, 3.63) is 324 Å². The lowest BCUT2D eigenvalue weighted by Gasteiger charge is -2.42. The Kier molecular flexibility index (Phi) is 8.89. The molecular formula is C72H46. The summed E-state index contributed by atoms with van der Waals surface area (Å²) in [6.45, 7) is 0. The van der Waals surface area contributed by atoms with Crippen LogP contribution in [-0.4, -0.2) is 0 Å². The van der Waals surface area contributed by atoms with Crippen molar-refractivity contribution in [3.63, 3.8) is 0 Å². The SMILES string of the molecule is c1ccc(C2(c3ccccc3)c3ccccc3-c3ccc(-c4c5ccccc5c(-c5ccc6c7c(cccc57)C(c5ccccc5)(c5ccccc5)c5ccccc5-6)c5ccccc45)c4cccc2c34)cc1. The molecule has 0 saturated carbocycles. The molecule has 13 aromatic carbocycles. The number of fused-ring (bicyclic) bond motifs is 6. The van der Waals surface area contributed by atoms with Crippen molar-refractivity contribution in [2.75, 3.05) is 0 Å². The number of hydrogen-bond acceptors (Lipinski definition) is 0. The molecule has 0 radical (unpaired) electrons. The minimum absolute atomic E-state index is 0.536. The number of rotatable bonds is 6. The van der Waals surface area contributed by atoms with Gasteiger partial charge >= 0.3 is 0 Å². The van der Waals surface area contributed by atoms with Gasteiger partial charge in [0.2, 0.25) is 0 Å². The van der Waals surface area contributed by atoms with Gasteiger partial charge in [-0.1, -0.05) is 279 Å². The van der Waals surface area contributed by atoms with Gasteiger partial charge in [0.25, 0.3) is 0 Å². The summed E-state index contributed by atoms with van der Waals surface area (Å²) >= 11 is 0. The highest BCUT2D eigenvalue weighted by atomic mass is 14.5. The molecule has 0 spiro atoms. The predicted molar refractivity (Wildman–Crippen MR) is 302 cm³/mol. The van der Waals surface area contributed by atoms with Crippen LogP contribution in [-0.2, 0) is 10.8 Å². The zero-order valence-corrected chi connectivity index (χ0v) is 39.6. The van der Waals surface area contributed by atoms with Gasteiger partial charge in [-0.15, -0.1) is 0 Å². The largest absolute Gasteiger partial charge is 0.0713 e. The maximum atomic E-state index is 2.41. The molecule has 0 heterocycles. The third-order valence-electron chi connectivity index (χ3n) is 16.4. The molecule has 0 atom stereocenters. The standard InChI is InChI=1S/C72H46/c1-5-23-47(24-6-1)71(48-25-7-2-8-26-48)63-39-19-17-31-51(63)59-43-45-61(57-37-21-41-65(71)69(57)59)67-53-33-13-15-35-55(53)68(56-36-16-14-34-54(56)67)62-46-44-60-52-32-18-20-40-64(52)72(49-27-9-3-10-28-49,50-29-11-4-12-30-50)66-42-22-38-58(62)70(60)66/h1-46H. The van der Waals surface area contributed by atoms with Crippen LogP contribution >= 0.6 is 0 Å². The van der Waals surface area contributed by atoms with E-state index in [0.29, 0.717) is 0 Å². The fraction of sp³-hybridized carbons (Fsp3) is 0.0278. The molecule has 15 rings (SSSR count). The zero-order chi connectivity index (χ0) is 47.4. The molecule has 13 aromatic rings. The number of benzene rings is 13. The Morgan fingerprint density at radius 1 is 0.167 bits per heavy atom. The quantitative estimate of drug-likeness (QED) is 0.146. The lowest BCUT2D eigenvalue weighted by atomic mass is 9.59. The summed E-state index contributed by atoms with van der Waals surface area (Å²) < 4.78 is 0. The van der Waals surface area contributed by atoms with Crippen molar-refractivity contribution in [3.8, 4) is 44.5 Å². The fourth-order valence-corrected chi connectivity index (χ4v) is 13.7. The highest BCUT2D eigenvalue weighted by Gasteiger charge is 2.46. The van der Waals surface area contributed by atoms with Crippen molar-refractivity contribution in [2.45, 2.75) is 10.8 Å². The molecule has 334 valence electrons. The maximum Gasteiger partial charge on any atom is 0.0713 e. The average molecular weight is 911 g/mol. The first-order chi connectivity index (χ1) is 35.8. The van der Waals surface area contributed by atoms with Crippen LogP contribution in [0.2, 0.25) is 0 Å². The molecule has 0 unspecified atom stereocenters. The Morgan fingerprint density at radius 3 is 0.778 bits per heavy atom. The van der Waals surface area contributed by atoms with E-state index in [0.717, 1.165) is 0 Å². The summed E-state index contributed by atoms with van der Waals surface area (Å²) in [7, 11) is 0. The molecule has 0 fully saturated rings. The molecule has 0 amide bonds. The van der Waals surface area contributed by atoms with Crippen LogP contribution in [0, 0.1) is 0 Å². The average Bonchev–Trinajstić information content (AvgIpc) is 3.46. The normalized spacial score (nSPS) is 13.8. The van der Waals surface area contributed by atoms with E-state index in [2.05, 4.69) is 279 Å². The second-order valence-electron chi connectivity index (χ2n) is 19.7. The molecular weight excluding hydrogens is 865 g/mol. The Morgan fingerprint density at radius 2 is 0.431 bits per heavy atom. The third-order valence-corrected chi connectivity index (χ3v) is 16.4. The molecule has 0 bridgehead atoms. The molecule has 0 aromatic heterocycles. The van der Waals surface area contributed by atoms with Gasteiger partial charge < -0.3 is 0 Å². The fourth-order valence-electron chi connectivity index (χ4n) is 13.7. The first kappa shape index (κ1) is 40.8. The lowest BCUT2D eigenvalue weighted by molar-refractivity contribution is 0.750. The molecule has 2 aliphatic carbocycles. The summed E-state index contributed by atoms with van der Waals surface area (Å²) in [5.74, 6) is 0. The van der Waals surface area contributed by atoms with Crippen LogP contribution in [0.1, 0.15) is 44.5 Å². The van der Waals surface area contributed by atoms with Crippen molar-refractivity contribution in [2.24, 2.45) is 0 Å². The van der Waals surface area contributed by atoms with Gasteiger partial charge in [0.05, 0.1) is 10.8 Å². The summed E-state index contributed by atoms with van der Waals surface area (Å²) in [5, 5.41) is 10.1. The van der Waals surface area contributed by atoms with E-state index in [4.69, 9.17) is 0 Å². The first-order valence-corrected chi connectivity index (χ1v) is 25.3. The minimum Gasteiger partial charge on any atom is -0.0622 e. The van der Waals surface area contributed by atoms with Crippen LogP contribution in [0.4, 0.5) is 0 Å². The topological polar surface area (TPSA) is 0 Å². The van der Waals surface area contributed by atoms with Crippen LogP contribution < -0.4 is 0 Å². The smallest absolute Gasteiger partial charge is 0.0622 e. The summed E-state index contributed by atoms with van der Waals surface area (Å²) in [4.78, 5) is 0. The van der Waals surface area contributed by atoms with Crippen molar-refractivity contribution < 1.29 is 0 Å².